The number of carbonyl (C=O) groups excluding carboxylic acids is 2. The molecule has 6 rings (SSSR count). The number of fused-ring (bicyclic) bond motifs is 4. The second kappa shape index (κ2) is 10.5. The summed E-state index contributed by atoms with van der Waals surface area (Å²) in [5, 5.41) is 0. The van der Waals surface area contributed by atoms with Gasteiger partial charge in [-0.15, -0.1) is 0 Å². The molecule has 192 valence electrons. The van der Waals surface area contributed by atoms with Gasteiger partial charge >= 0.3 is 11.9 Å². The number of carbonyl (C=O) groups is 2. The number of rotatable bonds is 8. The molecule has 0 saturated heterocycles. The molecule has 6 nitrogen and oxygen atoms in total. The number of nitrogens with zero attached hydrogens (tertiary/aromatic N) is 2. The maximum Gasteiger partial charge on any atom is 0.311 e. The van der Waals surface area contributed by atoms with Crippen molar-refractivity contribution in [2.75, 3.05) is 0 Å². The van der Waals surface area contributed by atoms with Gasteiger partial charge in [0, 0.05) is 23.8 Å². The van der Waals surface area contributed by atoms with Crippen molar-refractivity contribution in [3.05, 3.63) is 120 Å². The highest BCUT2D eigenvalue weighted by Crippen LogP contribution is 2.52. The maximum absolute atomic E-state index is 13.0. The minimum Gasteiger partial charge on any atom is -0.427 e. The van der Waals surface area contributed by atoms with E-state index < -0.39 is 5.41 Å². The summed E-state index contributed by atoms with van der Waals surface area (Å²) in [5.41, 5.74) is 4.41. The first-order valence-corrected chi connectivity index (χ1v) is 13.0. The minimum atomic E-state index is -0.714. The second-order valence-corrected chi connectivity index (χ2v) is 9.61. The zero-order chi connectivity index (χ0) is 26.7. The molecule has 0 aliphatic heterocycles. The summed E-state index contributed by atoms with van der Waals surface area (Å²) in [6.07, 6.45) is 1.11. The van der Waals surface area contributed by atoms with Gasteiger partial charge in [-0.25, -0.2) is 9.97 Å². The van der Waals surface area contributed by atoms with Gasteiger partial charge in [0.25, 0.3) is 0 Å². The van der Waals surface area contributed by atoms with E-state index in [0.29, 0.717) is 24.3 Å². The Hall–Kier alpha value is -4.84. The summed E-state index contributed by atoms with van der Waals surface area (Å²) in [6.45, 7) is 0. The van der Waals surface area contributed by atoms with Crippen molar-refractivity contribution in [1.29, 1.82) is 0 Å². The van der Waals surface area contributed by atoms with Crippen LogP contribution in [0.1, 0.15) is 36.9 Å². The lowest BCUT2D eigenvalue weighted by atomic mass is 9.73. The number of para-hydroxylation sites is 4. The van der Waals surface area contributed by atoms with Gasteiger partial charge in [0.1, 0.15) is 11.5 Å². The highest BCUT2D eigenvalue weighted by Gasteiger charge is 2.46. The van der Waals surface area contributed by atoms with Crippen LogP contribution in [-0.2, 0) is 15.0 Å². The Morgan fingerprint density at radius 2 is 1.08 bits per heavy atom. The van der Waals surface area contributed by atoms with E-state index in [0.717, 1.165) is 33.5 Å². The van der Waals surface area contributed by atoms with Crippen LogP contribution < -0.4 is 9.47 Å². The molecule has 0 N–H and O–H groups in total. The molecule has 0 spiro atoms. The Morgan fingerprint density at radius 3 is 1.67 bits per heavy atom. The molecule has 0 atom stereocenters. The summed E-state index contributed by atoms with van der Waals surface area (Å²) in [4.78, 5) is 36.0. The first kappa shape index (κ1) is 24.5. The first-order chi connectivity index (χ1) is 19.1. The standard InChI is InChI=1S/C33H26N2O4/c36-29(38-23-11-3-1-4-12-23)19-21-33(22-20-30(37)39-24-13-5-2-6-14-24)26-16-8-7-15-25(26)31-32(33)35-28-18-10-9-17-27(28)34-31/h1-18H,19-22H2. The Morgan fingerprint density at radius 1 is 0.590 bits per heavy atom. The molecule has 4 aromatic carbocycles. The largest absolute Gasteiger partial charge is 0.427 e. The van der Waals surface area contributed by atoms with Crippen molar-refractivity contribution in [2.24, 2.45) is 0 Å². The number of aromatic nitrogens is 2. The van der Waals surface area contributed by atoms with Crippen molar-refractivity contribution in [3.8, 4) is 22.8 Å². The molecule has 1 aliphatic carbocycles. The number of esters is 2. The molecule has 0 saturated carbocycles. The number of hydrogen-bond acceptors (Lipinski definition) is 6. The number of ether oxygens (including phenoxy) is 2. The molecule has 0 fully saturated rings. The Labute approximate surface area is 226 Å². The quantitative estimate of drug-likeness (QED) is 0.170. The van der Waals surface area contributed by atoms with E-state index in [2.05, 4.69) is 6.07 Å². The van der Waals surface area contributed by atoms with Gasteiger partial charge in [0.2, 0.25) is 0 Å². The SMILES string of the molecule is O=C(CCC1(CCC(=O)Oc2ccccc2)c2ccccc2-c2nc3ccccc3nc21)Oc1ccccc1. The van der Waals surface area contributed by atoms with Gasteiger partial charge in [-0.05, 0) is 54.8 Å². The van der Waals surface area contributed by atoms with E-state index in [1.54, 1.807) is 24.3 Å². The second-order valence-electron chi connectivity index (χ2n) is 9.61. The molecule has 39 heavy (non-hydrogen) atoms. The average molecular weight is 515 g/mol. The smallest absolute Gasteiger partial charge is 0.311 e. The Kier molecular flexibility index (Phi) is 6.59. The molecule has 1 heterocycles. The van der Waals surface area contributed by atoms with Gasteiger partial charge in [0.15, 0.2) is 0 Å². The fraction of sp³-hybridized carbons (Fsp3) is 0.152. The summed E-state index contributed by atoms with van der Waals surface area (Å²) in [5.74, 6) is 0.321. The maximum atomic E-state index is 13.0. The van der Waals surface area contributed by atoms with Crippen LogP contribution in [0.2, 0.25) is 0 Å². The van der Waals surface area contributed by atoms with Crippen LogP contribution >= 0.6 is 0 Å². The molecule has 0 unspecified atom stereocenters. The van der Waals surface area contributed by atoms with E-state index >= 15 is 0 Å². The molecular formula is C33H26N2O4. The molecule has 5 aromatic rings. The topological polar surface area (TPSA) is 78.4 Å². The van der Waals surface area contributed by atoms with Gasteiger partial charge in [-0.3, -0.25) is 9.59 Å². The fourth-order valence-electron chi connectivity index (χ4n) is 5.36. The van der Waals surface area contributed by atoms with E-state index in [-0.39, 0.29) is 24.8 Å². The summed E-state index contributed by atoms with van der Waals surface area (Å²) >= 11 is 0. The molecule has 0 radical (unpaired) electrons. The third-order valence-corrected chi connectivity index (χ3v) is 7.18. The lowest BCUT2D eigenvalue weighted by Crippen LogP contribution is -2.30. The van der Waals surface area contributed by atoms with E-state index in [9.17, 15) is 9.59 Å². The van der Waals surface area contributed by atoms with Gasteiger partial charge < -0.3 is 9.47 Å². The highest BCUT2D eigenvalue weighted by molar-refractivity contribution is 5.85. The number of benzene rings is 4. The monoisotopic (exact) mass is 514 g/mol. The van der Waals surface area contributed by atoms with Gasteiger partial charge in [-0.2, -0.15) is 0 Å². The minimum absolute atomic E-state index is 0.144. The van der Waals surface area contributed by atoms with E-state index in [1.165, 1.54) is 0 Å². The van der Waals surface area contributed by atoms with E-state index in [4.69, 9.17) is 19.4 Å². The zero-order valence-electron chi connectivity index (χ0n) is 21.2. The average Bonchev–Trinajstić information content (AvgIpc) is 3.24. The zero-order valence-corrected chi connectivity index (χ0v) is 21.2. The third-order valence-electron chi connectivity index (χ3n) is 7.18. The Balaban J connectivity index is 1.36. The van der Waals surface area contributed by atoms with Crippen LogP contribution in [-0.4, -0.2) is 21.9 Å². The molecule has 1 aromatic heterocycles. The molecule has 6 heteroatoms. The lowest BCUT2D eigenvalue weighted by Gasteiger charge is -2.30. The molecule has 0 bridgehead atoms. The summed E-state index contributed by atoms with van der Waals surface area (Å²) in [6, 6.07) is 33.9. The van der Waals surface area contributed by atoms with Crippen LogP contribution in [0.5, 0.6) is 11.5 Å². The molecule has 1 aliphatic rings. The normalized spacial score (nSPS) is 12.9. The summed E-state index contributed by atoms with van der Waals surface area (Å²) in [7, 11) is 0. The highest BCUT2D eigenvalue weighted by atomic mass is 16.5. The van der Waals surface area contributed by atoms with Crippen LogP contribution in [0.15, 0.2) is 109 Å². The molecular weight excluding hydrogens is 488 g/mol. The Bertz CT molecular complexity index is 1590. The van der Waals surface area contributed by atoms with Gasteiger partial charge in [-0.1, -0.05) is 72.8 Å². The van der Waals surface area contributed by atoms with Crippen LogP contribution in [0.25, 0.3) is 22.3 Å². The fourth-order valence-corrected chi connectivity index (χ4v) is 5.36. The van der Waals surface area contributed by atoms with Gasteiger partial charge in [0.05, 0.1) is 22.4 Å². The van der Waals surface area contributed by atoms with Crippen LogP contribution in [0, 0.1) is 0 Å². The predicted octanol–water partition coefficient (Wildman–Crippen LogP) is 6.67. The lowest BCUT2D eigenvalue weighted by molar-refractivity contribution is -0.134. The van der Waals surface area contributed by atoms with Crippen LogP contribution in [0.4, 0.5) is 0 Å². The first-order valence-electron chi connectivity index (χ1n) is 13.0. The van der Waals surface area contributed by atoms with Crippen molar-refractivity contribution in [3.63, 3.8) is 0 Å². The van der Waals surface area contributed by atoms with Crippen LogP contribution in [0.3, 0.4) is 0 Å². The summed E-state index contributed by atoms with van der Waals surface area (Å²) < 4.78 is 11.2. The molecule has 0 amide bonds. The third kappa shape index (κ3) is 4.89. The van der Waals surface area contributed by atoms with Crippen molar-refractivity contribution in [1.82, 2.24) is 9.97 Å². The predicted molar refractivity (Wildman–Crippen MR) is 148 cm³/mol. The number of hydrogen-bond donors (Lipinski definition) is 0. The van der Waals surface area contributed by atoms with Crippen molar-refractivity contribution >= 4 is 23.0 Å². The van der Waals surface area contributed by atoms with E-state index in [1.807, 2.05) is 78.9 Å². The van der Waals surface area contributed by atoms with Crippen molar-refractivity contribution < 1.29 is 19.1 Å². The van der Waals surface area contributed by atoms with Crippen molar-refractivity contribution in [2.45, 2.75) is 31.1 Å².